The maximum atomic E-state index is 11.5. The van der Waals surface area contributed by atoms with Gasteiger partial charge in [-0.05, 0) is 38.5 Å². The van der Waals surface area contributed by atoms with E-state index >= 15 is 0 Å². The molecule has 0 N–H and O–H groups in total. The molecule has 0 saturated carbocycles. The summed E-state index contributed by atoms with van der Waals surface area (Å²) in [5.74, 6) is 0.222. The molecule has 7 nitrogen and oxygen atoms in total. The molecule has 0 bridgehead atoms. The predicted octanol–water partition coefficient (Wildman–Crippen LogP) is 3.25. The Morgan fingerprint density at radius 3 is 2.68 bits per heavy atom. The first-order valence-corrected chi connectivity index (χ1v) is 7.04. The summed E-state index contributed by atoms with van der Waals surface area (Å²) in [5, 5.41) is 11.5. The van der Waals surface area contributed by atoms with Gasteiger partial charge in [-0.2, -0.15) is 4.98 Å². The fourth-order valence-corrected chi connectivity index (χ4v) is 2.20. The highest BCUT2D eigenvalue weighted by Crippen LogP contribution is 2.36. The quantitative estimate of drug-likeness (QED) is 0.602. The van der Waals surface area contributed by atoms with Gasteiger partial charge in [-0.25, -0.2) is 4.98 Å². The standard InChI is InChI=1S/C15H18N4O3/c1-4-18(12-8-6-7-11(3)9-12)14-13(19(20)21)15(22-5-2)17-10-16-14/h6-10H,4-5H2,1-3H3. The number of benzene rings is 1. The van der Waals surface area contributed by atoms with E-state index in [1.165, 1.54) is 6.33 Å². The van der Waals surface area contributed by atoms with E-state index in [9.17, 15) is 10.1 Å². The van der Waals surface area contributed by atoms with Gasteiger partial charge in [0.05, 0.1) is 11.5 Å². The van der Waals surface area contributed by atoms with Gasteiger partial charge >= 0.3 is 5.69 Å². The number of hydrogen-bond acceptors (Lipinski definition) is 6. The Morgan fingerprint density at radius 2 is 2.09 bits per heavy atom. The smallest absolute Gasteiger partial charge is 0.373 e. The van der Waals surface area contributed by atoms with Crippen molar-refractivity contribution in [3.05, 3.63) is 46.3 Å². The van der Waals surface area contributed by atoms with Crippen molar-refractivity contribution in [3.8, 4) is 5.88 Å². The maximum absolute atomic E-state index is 11.5. The number of anilines is 2. The van der Waals surface area contributed by atoms with Crippen LogP contribution in [-0.4, -0.2) is 28.0 Å². The first-order valence-electron chi connectivity index (χ1n) is 7.04. The van der Waals surface area contributed by atoms with Gasteiger partial charge in [0, 0.05) is 12.2 Å². The summed E-state index contributed by atoms with van der Waals surface area (Å²) in [5.41, 5.74) is 1.69. The zero-order chi connectivity index (χ0) is 16.1. The van der Waals surface area contributed by atoms with Crippen LogP contribution in [-0.2, 0) is 0 Å². The lowest BCUT2D eigenvalue weighted by Crippen LogP contribution is -2.19. The number of hydrogen-bond donors (Lipinski definition) is 0. The molecule has 0 saturated heterocycles. The van der Waals surface area contributed by atoms with Crippen LogP contribution in [0.3, 0.4) is 0 Å². The average Bonchev–Trinajstić information content (AvgIpc) is 2.48. The molecular weight excluding hydrogens is 284 g/mol. The molecule has 22 heavy (non-hydrogen) atoms. The Kier molecular flexibility index (Phi) is 4.88. The lowest BCUT2D eigenvalue weighted by atomic mass is 10.2. The minimum atomic E-state index is -0.501. The van der Waals surface area contributed by atoms with Crippen molar-refractivity contribution >= 4 is 17.2 Å². The third kappa shape index (κ3) is 3.13. The fraction of sp³-hybridized carbons (Fsp3) is 0.333. The molecule has 0 spiro atoms. The summed E-state index contributed by atoms with van der Waals surface area (Å²) in [4.78, 5) is 20.7. The molecule has 0 fully saturated rings. The second kappa shape index (κ2) is 6.84. The van der Waals surface area contributed by atoms with Crippen molar-refractivity contribution in [2.45, 2.75) is 20.8 Å². The molecule has 1 heterocycles. The summed E-state index contributed by atoms with van der Waals surface area (Å²) in [6, 6.07) is 7.72. The third-order valence-corrected chi connectivity index (χ3v) is 3.12. The molecule has 0 aliphatic carbocycles. The van der Waals surface area contributed by atoms with E-state index in [0.717, 1.165) is 11.3 Å². The van der Waals surface area contributed by atoms with Crippen LogP contribution in [0.15, 0.2) is 30.6 Å². The van der Waals surface area contributed by atoms with E-state index in [-0.39, 0.29) is 17.4 Å². The van der Waals surface area contributed by atoms with Crippen LogP contribution in [0, 0.1) is 17.0 Å². The lowest BCUT2D eigenvalue weighted by Gasteiger charge is -2.22. The molecule has 1 aromatic heterocycles. The summed E-state index contributed by atoms with van der Waals surface area (Å²) in [6.07, 6.45) is 1.28. The highest BCUT2D eigenvalue weighted by molar-refractivity contribution is 5.71. The first kappa shape index (κ1) is 15.7. The Bertz CT molecular complexity index is 676. The maximum Gasteiger partial charge on any atom is 0.373 e. The van der Waals surface area contributed by atoms with Crippen LogP contribution in [0.1, 0.15) is 19.4 Å². The molecule has 1 aromatic carbocycles. The van der Waals surface area contributed by atoms with Crippen LogP contribution in [0.25, 0.3) is 0 Å². The van der Waals surface area contributed by atoms with Crippen molar-refractivity contribution in [2.75, 3.05) is 18.1 Å². The second-order valence-electron chi connectivity index (χ2n) is 4.62. The largest absolute Gasteiger partial charge is 0.473 e. The highest BCUT2D eigenvalue weighted by Gasteiger charge is 2.28. The summed E-state index contributed by atoms with van der Waals surface area (Å²) >= 11 is 0. The van der Waals surface area contributed by atoms with E-state index in [0.29, 0.717) is 13.2 Å². The molecule has 116 valence electrons. The SMILES string of the molecule is CCOc1ncnc(N(CC)c2cccc(C)c2)c1[N+](=O)[O-]. The highest BCUT2D eigenvalue weighted by atomic mass is 16.6. The van der Waals surface area contributed by atoms with Gasteiger partial charge < -0.3 is 9.64 Å². The van der Waals surface area contributed by atoms with Gasteiger partial charge in [0.1, 0.15) is 6.33 Å². The summed E-state index contributed by atoms with van der Waals surface area (Å²) in [6.45, 7) is 6.47. The number of ether oxygens (including phenoxy) is 1. The van der Waals surface area contributed by atoms with Crippen LogP contribution in [0.4, 0.5) is 17.2 Å². The summed E-state index contributed by atoms with van der Waals surface area (Å²) in [7, 11) is 0. The van der Waals surface area contributed by atoms with Gasteiger partial charge in [0.15, 0.2) is 0 Å². The normalized spacial score (nSPS) is 10.3. The number of aryl methyl sites for hydroxylation is 1. The molecule has 7 heteroatoms. The number of nitro groups is 1. The molecule has 2 aromatic rings. The van der Waals surface area contributed by atoms with Crippen molar-refractivity contribution in [1.29, 1.82) is 0 Å². The Morgan fingerprint density at radius 1 is 1.32 bits per heavy atom. The van der Waals surface area contributed by atoms with Gasteiger partial charge in [-0.1, -0.05) is 12.1 Å². The van der Waals surface area contributed by atoms with Crippen LogP contribution < -0.4 is 9.64 Å². The molecule has 0 radical (unpaired) electrons. The molecule has 0 unspecified atom stereocenters. The minimum Gasteiger partial charge on any atom is -0.473 e. The van der Waals surface area contributed by atoms with E-state index in [4.69, 9.17) is 4.74 Å². The third-order valence-electron chi connectivity index (χ3n) is 3.12. The molecule has 0 aliphatic heterocycles. The molecule has 0 atom stereocenters. The van der Waals surface area contributed by atoms with Crippen molar-refractivity contribution in [3.63, 3.8) is 0 Å². The van der Waals surface area contributed by atoms with Crippen LogP contribution in [0.5, 0.6) is 5.88 Å². The fourth-order valence-electron chi connectivity index (χ4n) is 2.20. The Labute approximate surface area is 128 Å². The topological polar surface area (TPSA) is 81.4 Å². The Balaban J connectivity index is 2.58. The van der Waals surface area contributed by atoms with E-state index in [2.05, 4.69) is 9.97 Å². The average molecular weight is 302 g/mol. The van der Waals surface area contributed by atoms with Gasteiger partial charge in [-0.15, -0.1) is 0 Å². The number of aromatic nitrogens is 2. The first-order chi connectivity index (χ1) is 10.6. The second-order valence-corrected chi connectivity index (χ2v) is 4.62. The predicted molar refractivity (Wildman–Crippen MR) is 83.7 cm³/mol. The monoisotopic (exact) mass is 302 g/mol. The number of nitrogens with zero attached hydrogens (tertiary/aromatic N) is 4. The molecule has 0 amide bonds. The molecular formula is C15H18N4O3. The van der Waals surface area contributed by atoms with Gasteiger partial charge in [-0.3, -0.25) is 10.1 Å². The minimum absolute atomic E-state index is 0.0106. The van der Waals surface area contributed by atoms with Crippen molar-refractivity contribution in [1.82, 2.24) is 9.97 Å². The zero-order valence-electron chi connectivity index (χ0n) is 12.8. The Hall–Kier alpha value is -2.70. The molecule has 0 aliphatic rings. The van der Waals surface area contributed by atoms with Crippen LogP contribution >= 0.6 is 0 Å². The van der Waals surface area contributed by atoms with Crippen molar-refractivity contribution < 1.29 is 9.66 Å². The number of rotatable bonds is 6. The van der Waals surface area contributed by atoms with Crippen molar-refractivity contribution in [2.24, 2.45) is 0 Å². The van der Waals surface area contributed by atoms with Gasteiger partial charge in [0.25, 0.3) is 5.88 Å². The summed E-state index contributed by atoms with van der Waals surface area (Å²) < 4.78 is 5.27. The van der Waals surface area contributed by atoms with Gasteiger partial charge in [0.2, 0.25) is 5.82 Å². The lowest BCUT2D eigenvalue weighted by molar-refractivity contribution is -0.385. The van der Waals surface area contributed by atoms with Crippen LogP contribution in [0.2, 0.25) is 0 Å². The molecule has 2 rings (SSSR count). The van der Waals surface area contributed by atoms with E-state index < -0.39 is 4.92 Å². The van der Waals surface area contributed by atoms with E-state index in [1.807, 2.05) is 38.1 Å². The van der Waals surface area contributed by atoms with E-state index in [1.54, 1.807) is 11.8 Å². The zero-order valence-corrected chi connectivity index (χ0v) is 12.8.